The first-order valence-electron chi connectivity index (χ1n) is 9.32. The first-order chi connectivity index (χ1) is 14.4. The van der Waals surface area contributed by atoms with Crippen LogP contribution in [0.5, 0.6) is 23.0 Å². The zero-order chi connectivity index (χ0) is 21.7. The van der Waals surface area contributed by atoms with E-state index in [1.807, 2.05) is 26.0 Å². The monoisotopic (exact) mass is 460 g/mol. The van der Waals surface area contributed by atoms with Gasteiger partial charge in [-0.2, -0.15) is 0 Å². The maximum atomic E-state index is 12.2. The molecule has 6 nitrogen and oxygen atoms in total. The second-order valence-electron chi connectivity index (χ2n) is 6.69. The maximum Gasteiger partial charge on any atom is 2.00 e. The third-order valence-electron chi connectivity index (χ3n) is 4.75. The van der Waals surface area contributed by atoms with E-state index in [1.165, 1.54) is 38.8 Å². The molecule has 3 aromatic carbocycles. The standard InChI is InChI=1S/C24H24N2O4.Ni/c1-15-11-19(25-13-17-21(27)7-5-9-23(17)29-3)20(12-16(15)2)26-14-18-22(28)8-6-10-24(18)30-4;/h5-14,27-28H,1-4H3;/q;+2/p-2. The van der Waals surface area contributed by atoms with Crippen LogP contribution in [0.15, 0.2) is 58.5 Å². The van der Waals surface area contributed by atoms with Crippen molar-refractivity contribution in [3.63, 3.8) is 0 Å². The van der Waals surface area contributed by atoms with Crippen molar-refractivity contribution in [3.05, 3.63) is 70.8 Å². The number of hydrogen-bond acceptors (Lipinski definition) is 6. The average Bonchev–Trinajstić information content (AvgIpc) is 2.74. The molecular weight excluding hydrogens is 439 g/mol. The molecule has 0 unspecified atom stereocenters. The van der Waals surface area contributed by atoms with E-state index in [0.29, 0.717) is 34.0 Å². The number of aliphatic imine (C=N–C) groups is 2. The zero-order valence-electron chi connectivity index (χ0n) is 17.6. The topological polar surface area (TPSA) is 89.3 Å². The Hall–Kier alpha value is -3.31. The van der Waals surface area contributed by atoms with Gasteiger partial charge in [0.25, 0.3) is 0 Å². The first kappa shape index (κ1) is 24.0. The van der Waals surface area contributed by atoms with Crippen molar-refractivity contribution in [3.8, 4) is 23.0 Å². The molecule has 0 radical (unpaired) electrons. The fraction of sp³-hybridized carbons (Fsp3) is 0.167. The van der Waals surface area contributed by atoms with E-state index in [2.05, 4.69) is 9.98 Å². The molecule has 31 heavy (non-hydrogen) atoms. The molecule has 0 saturated heterocycles. The summed E-state index contributed by atoms with van der Waals surface area (Å²) in [6.07, 6.45) is 2.96. The Bertz CT molecular complexity index is 1040. The normalized spacial score (nSPS) is 11.0. The van der Waals surface area contributed by atoms with Crippen molar-refractivity contribution in [1.29, 1.82) is 0 Å². The van der Waals surface area contributed by atoms with Gasteiger partial charge in [0.05, 0.1) is 25.6 Å². The minimum Gasteiger partial charge on any atom is -0.872 e. The Balaban J connectivity index is 0.00000341. The van der Waals surface area contributed by atoms with Gasteiger partial charge in [-0.15, -0.1) is 0 Å². The van der Waals surface area contributed by atoms with Crippen molar-refractivity contribution < 1.29 is 36.2 Å². The van der Waals surface area contributed by atoms with E-state index >= 15 is 0 Å². The second-order valence-corrected chi connectivity index (χ2v) is 6.69. The molecule has 162 valence electrons. The van der Waals surface area contributed by atoms with Gasteiger partial charge < -0.3 is 19.7 Å². The number of aryl methyl sites for hydroxylation is 2. The van der Waals surface area contributed by atoms with Crippen LogP contribution in [0, 0.1) is 13.8 Å². The summed E-state index contributed by atoms with van der Waals surface area (Å²) in [6, 6.07) is 13.4. The largest absolute Gasteiger partial charge is 2.00 e. The predicted octanol–water partition coefficient (Wildman–Crippen LogP) is 3.97. The van der Waals surface area contributed by atoms with Gasteiger partial charge in [0, 0.05) is 23.6 Å². The predicted molar refractivity (Wildman–Crippen MR) is 115 cm³/mol. The number of ether oxygens (including phenoxy) is 2. The molecular formula is C24H22N2NiO4. The summed E-state index contributed by atoms with van der Waals surface area (Å²) >= 11 is 0. The summed E-state index contributed by atoms with van der Waals surface area (Å²) in [7, 11) is 3.01. The first-order valence-corrected chi connectivity index (χ1v) is 9.32. The van der Waals surface area contributed by atoms with Gasteiger partial charge in [-0.25, -0.2) is 0 Å². The number of nitrogens with zero attached hydrogens (tertiary/aromatic N) is 2. The van der Waals surface area contributed by atoms with Crippen LogP contribution in [0.25, 0.3) is 0 Å². The number of rotatable bonds is 6. The molecule has 0 bridgehead atoms. The van der Waals surface area contributed by atoms with E-state index in [-0.39, 0.29) is 28.0 Å². The number of hydrogen-bond donors (Lipinski definition) is 0. The zero-order valence-corrected chi connectivity index (χ0v) is 18.6. The van der Waals surface area contributed by atoms with Crippen LogP contribution in [0.1, 0.15) is 22.3 Å². The summed E-state index contributed by atoms with van der Waals surface area (Å²) < 4.78 is 10.5. The molecule has 0 aliphatic rings. The fourth-order valence-corrected chi connectivity index (χ4v) is 2.92. The molecule has 3 aromatic rings. The Morgan fingerprint density at radius 3 is 1.45 bits per heavy atom. The quantitative estimate of drug-likeness (QED) is 0.411. The van der Waals surface area contributed by atoms with Crippen LogP contribution in [-0.2, 0) is 16.5 Å². The van der Waals surface area contributed by atoms with E-state index in [1.54, 1.807) is 24.3 Å². The minimum atomic E-state index is -0.183. The fourth-order valence-electron chi connectivity index (χ4n) is 2.92. The van der Waals surface area contributed by atoms with Crippen LogP contribution < -0.4 is 19.7 Å². The Morgan fingerprint density at radius 1 is 0.710 bits per heavy atom. The summed E-state index contributed by atoms with van der Waals surface area (Å²) in [6.45, 7) is 3.94. The Kier molecular flexibility index (Phi) is 8.23. The van der Waals surface area contributed by atoms with Crippen molar-refractivity contribution in [1.82, 2.24) is 0 Å². The summed E-state index contributed by atoms with van der Waals surface area (Å²) in [5.41, 5.74) is 3.93. The molecule has 0 N–H and O–H groups in total. The SMILES string of the molecule is COc1cccc([O-])c1C=Nc1cc(C)c(C)cc1N=Cc1c([O-])cccc1OC.[Ni+2]. The molecule has 0 heterocycles. The van der Waals surface area contributed by atoms with Crippen LogP contribution in [0.3, 0.4) is 0 Å². The van der Waals surface area contributed by atoms with Gasteiger partial charge in [0.1, 0.15) is 11.5 Å². The molecule has 0 spiro atoms. The minimum absolute atomic E-state index is 0. The maximum absolute atomic E-state index is 12.2. The van der Waals surface area contributed by atoms with E-state index in [4.69, 9.17) is 9.47 Å². The molecule has 0 aromatic heterocycles. The van der Waals surface area contributed by atoms with Crippen LogP contribution >= 0.6 is 0 Å². The number of benzene rings is 3. The van der Waals surface area contributed by atoms with Gasteiger partial charge in [0.15, 0.2) is 0 Å². The molecule has 0 atom stereocenters. The number of methoxy groups -OCH3 is 2. The van der Waals surface area contributed by atoms with E-state index in [9.17, 15) is 10.2 Å². The molecule has 3 rings (SSSR count). The molecule has 0 aliphatic carbocycles. The molecule has 0 amide bonds. The second kappa shape index (κ2) is 10.6. The van der Waals surface area contributed by atoms with E-state index in [0.717, 1.165) is 11.1 Å². The Labute approximate surface area is 191 Å². The summed E-state index contributed by atoms with van der Waals surface area (Å²) in [4.78, 5) is 8.99. The van der Waals surface area contributed by atoms with Crippen LogP contribution in [-0.4, -0.2) is 26.6 Å². The van der Waals surface area contributed by atoms with Gasteiger partial charge >= 0.3 is 16.5 Å². The van der Waals surface area contributed by atoms with Gasteiger partial charge in [-0.3, -0.25) is 9.98 Å². The van der Waals surface area contributed by atoms with Crippen LogP contribution in [0.4, 0.5) is 11.4 Å². The van der Waals surface area contributed by atoms with Crippen molar-refractivity contribution >= 4 is 23.8 Å². The van der Waals surface area contributed by atoms with Gasteiger partial charge in [0.2, 0.25) is 0 Å². The van der Waals surface area contributed by atoms with Crippen molar-refractivity contribution in [2.75, 3.05) is 14.2 Å². The van der Waals surface area contributed by atoms with E-state index < -0.39 is 0 Å². The molecule has 0 fully saturated rings. The molecule has 0 aliphatic heterocycles. The smallest absolute Gasteiger partial charge is 0.872 e. The summed E-state index contributed by atoms with van der Waals surface area (Å²) in [5.74, 6) is 0.532. The van der Waals surface area contributed by atoms with Gasteiger partial charge in [-0.05, 0) is 49.2 Å². The van der Waals surface area contributed by atoms with Crippen molar-refractivity contribution in [2.45, 2.75) is 13.8 Å². The average molecular weight is 461 g/mol. The molecule has 7 heteroatoms. The third-order valence-corrected chi connectivity index (χ3v) is 4.75. The third kappa shape index (κ3) is 5.44. The molecule has 0 saturated carbocycles. The van der Waals surface area contributed by atoms with Crippen LogP contribution in [0.2, 0.25) is 0 Å². The van der Waals surface area contributed by atoms with Gasteiger partial charge in [-0.1, -0.05) is 35.8 Å². The summed E-state index contributed by atoms with van der Waals surface area (Å²) in [5, 5.41) is 24.4. The Morgan fingerprint density at radius 2 is 1.10 bits per heavy atom. The van der Waals surface area contributed by atoms with Crippen molar-refractivity contribution in [2.24, 2.45) is 9.98 Å².